The largest absolute Gasteiger partial charge is 0.416 e. The van der Waals surface area contributed by atoms with E-state index in [1.807, 2.05) is 0 Å². The van der Waals surface area contributed by atoms with Gasteiger partial charge in [0.15, 0.2) is 0 Å². The molecule has 0 saturated carbocycles. The van der Waals surface area contributed by atoms with Crippen molar-refractivity contribution in [3.05, 3.63) is 54.1 Å². The highest BCUT2D eigenvalue weighted by molar-refractivity contribution is 5.96. The van der Waals surface area contributed by atoms with Crippen LogP contribution in [0.2, 0.25) is 0 Å². The van der Waals surface area contributed by atoms with Gasteiger partial charge in [0.05, 0.1) is 24.1 Å². The van der Waals surface area contributed by atoms with Crippen LogP contribution in [0.1, 0.15) is 22.5 Å². The summed E-state index contributed by atoms with van der Waals surface area (Å²) in [5.74, 6) is -0.346. The summed E-state index contributed by atoms with van der Waals surface area (Å²) < 4.78 is 38.4. The fourth-order valence-electron chi connectivity index (χ4n) is 3.18. The average molecular weight is 388 g/mol. The second-order valence-corrected chi connectivity index (χ2v) is 6.58. The number of pyridine rings is 1. The van der Waals surface area contributed by atoms with Crippen molar-refractivity contribution in [1.29, 1.82) is 0 Å². The minimum atomic E-state index is -4.42. The van der Waals surface area contributed by atoms with Crippen molar-refractivity contribution in [2.75, 3.05) is 13.1 Å². The van der Waals surface area contributed by atoms with E-state index in [0.717, 1.165) is 12.1 Å². The molecule has 28 heavy (non-hydrogen) atoms. The molecule has 1 aliphatic heterocycles. The van der Waals surface area contributed by atoms with Crippen molar-refractivity contribution in [3.63, 3.8) is 0 Å². The maximum Gasteiger partial charge on any atom is 0.416 e. The molecule has 1 amide bonds. The van der Waals surface area contributed by atoms with E-state index in [9.17, 15) is 23.1 Å². The second kappa shape index (κ2) is 6.83. The van der Waals surface area contributed by atoms with Crippen LogP contribution < -0.4 is 0 Å². The van der Waals surface area contributed by atoms with E-state index in [2.05, 4.69) is 15.0 Å². The third-order valence-corrected chi connectivity index (χ3v) is 4.65. The second-order valence-electron chi connectivity index (χ2n) is 6.58. The Morgan fingerprint density at radius 3 is 2.54 bits per heavy atom. The normalized spacial score (nSPS) is 17.3. The molecule has 0 bridgehead atoms. The van der Waals surface area contributed by atoms with Crippen molar-refractivity contribution in [3.8, 4) is 11.1 Å². The van der Waals surface area contributed by atoms with Gasteiger partial charge in [0.25, 0.3) is 5.91 Å². The molecule has 3 heterocycles. The standard InChI is InChI=1S/C19H15F3N4O2/c20-19(21,22)12-3-1-11(2-4-12)14-7-23-8-15-17(14)25-16(9-24-15)18(28)26-6-5-13(27)10-26/h1-4,7-9,13,27H,5-6,10H2. The number of halogens is 3. The van der Waals surface area contributed by atoms with E-state index in [-0.39, 0.29) is 18.1 Å². The van der Waals surface area contributed by atoms with Gasteiger partial charge in [-0.1, -0.05) is 12.1 Å². The Kier molecular flexibility index (Phi) is 4.46. The maximum absolute atomic E-state index is 12.8. The van der Waals surface area contributed by atoms with Crippen LogP contribution in [0, 0.1) is 0 Å². The van der Waals surface area contributed by atoms with Gasteiger partial charge in [-0.25, -0.2) is 4.98 Å². The molecular weight excluding hydrogens is 373 g/mol. The first kappa shape index (κ1) is 18.3. The number of rotatable bonds is 2. The molecule has 9 heteroatoms. The number of hydrogen-bond acceptors (Lipinski definition) is 5. The van der Waals surface area contributed by atoms with Gasteiger partial charge in [0.1, 0.15) is 16.7 Å². The number of alkyl halides is 3. The van der Waals surface area contributed by atoms with E-state index in [1.54, 1.807) is 0 Å². The van der Waals surface area contributed by atoms with Gasteiger partial charge in [-0.05, 0) is 24.1 Å². The summed E-state index contributed by atoms with van der Waals surface area (Å²) in [5.41, 5.74) is 1.13. The summed E-state index contributed by atoms with van der Waals surface area (Å²) in [6, 6.07) is 4.66. The van der Waals surface area contributed by atoms with E-state index in [4.69, 9.17) is 0 Å². The van der Waals surface area contributed by atoms with Gasteiger partial charge < -0.3 is 10.0 Å². The van der Waals surface area contributed by atoms with Crippen LogP contribution in [0.4, 0.5) is 13.2 Å². The van der Waals surface area contributed by atoms with Gasteiger partial charge in [-0.15, -0.1) is 0 Å². The molecule has 3 aromatic rings. The number of carbonyl (C=O) groups excluding carboxylic acids is 1. The SMILES string of the molecule is O=C(c1cnc2cncc(-c3ccc(C(F)(F)F)cc3)c2n1)N1CCC(O)C1. The lowest BCUT2D eigenvalue weighted by molar-refractivity contribution is -0.137. The number of carbonyl (C=O) groups is 1. The summed E-state index contributed by atoms with van der Waals surface area (Å²) in [6.07, 6.45) is -0.169. The smallest absolute Gasteiger partial charge is 0.391 e. The van der Waals surface area contributed by atoms with Crippen molar-refractivity contribution < 1.29 is 23.1 Å². The lowest BCUT2D eigenvalue weighted by atomic mass is 10.0. The Hall–Kier alpha value is -3.07. The fraction of sp³-hybridized carbons (Fsp3) is 0.263. The topological polar surface area (TPSA) is 79.2 Å². The number of aliphatic hydroxyl groups excluding tert-OH is 1. The zero-order valence-electron chi connectivity index (χ0n) is 14.5. The van der Waals surface area contributed by atoms with Crippen molar-refractivity contribution in [2.45, 2.75) is 18.7 Å². The van der Waals surface area contributed by atoms with Crippen LogP contribution >= 0.6 is 0 Å². The van der Waals surface area contributed by atoms with Crippen molar-refractivity contribution in [1.82, 2.24) is 19.9 Å². The molecule has 0 spiro atoms. The van der Waals surface area contributed by atoms with Crippen LogP contribution in [-0.4, -0.2) is 50.1 Å². The lowest BCUT2D eigenvalue weighted by Crippen LogP contribution is -2.30. The quantitative estimate of drug-likeness (QED) is 0.730. The van der Waals surface area contributed by atoms with Gasteiger partial charge >= 0.3 is 6.18 Å². The van der Waals surface area contributed by atoms with Gasteiger partial charge in [-0.3, -0.25) is 14.8 Å². The van der Waals surface area contributed by atoms with Crippen LogP contribution in [0.5, 0.6) is 0 Å². The summed E-state index contributed by atoms with van der Waals surface area (Å²) >= 11 is 0. The zero-order valence-corrected chi connectivity index (χ0v) is 14.5. The third kappa shape index (κ3) is 3.40. The van der Waals surface area contributed by atoms with Gasteiger partial charge in [0.2, 0.25) is 0 Å². The van der Waals surface area contributed by atoms with Crippen LogP contribution in [0.15, 0.2) is 42.9 Å². The van der Waals surface area contributed by atoms with Gasteiger partial charge in [-0.2, -0.15) is 13.2 Å². The Morgan fingerprint density at radius 1 is 1.14 bits per heavy atom. The Balaban J connectivity index is 1.74. The number of aliphatic hydroxyl groups is 1. The molecule has 4 rings (SSSR count). The van der Waals surface area contributed by atoms with Crippen LogP contribution in [0.3, 0.4) is 0 Å². The molecular formula is C19H15F3N4O2. The average Bonchev–Trinajstić information content (AvgIpc) is 3.12. The maximum atomic E-state index is 12.8. The monoisotopic (exact) mass is 388 g/mol. The van der Waals surface area contributed by atoms with Crippen molar-refractivity contribution in [2.24, 2.45) is 0 Å². The summed E-state index contributed by atoms with van der Waals surface area (Å²) in [6.45, 7) is 0.669. The Bertz CT molecular complexity index is 1040. The number of benzene rings is 1. The summed E-state index contributed by atoms with van der Waals surface area (Å²) in [7, 11) is 0. The van der Waals surface area contributed by atoms with E-state index in [1.165, 1.54) is 35.6 Å². The highest BCUT2D eigenvalue weighted by Gasteiger charge is 2.30. The number of β-amino-alcohol motifs (C(OH)–C–C–N with tert-alkyl or cyclic N) is 1. The molecule has 0 radical (unpaired) electrons. The first-order valence-corrected chi connectivity index (χ1v) is 8.58. The Morgan fingerprint density at radius 2 is 1.89 bits per heavy atom. The van der Waals surface area contributed by atoms with Crippen molar-refractivity contribution >= 4 is 16.9 Å². The van der Waals surface area contributed by atoms with Gasteiger partial charge in [0, 0.05) is 24.8 Å². The van der Waals surface area contributed by atoms with E-state index in [0.29, 0.717) is 35.1 Å². The Labute approximate surface area is 157 Å². The molecule has 144 valence electrons. The van der Waals surface area contributed by atoms with Crippen LogP contribution in [0.25, 0.3) is 22.2 Å². The molecule has 1 N–H and O–H groups in total. The number of likely N-dealkylation sites (tertiary alicyclic amines) is 1. The number of aromatic nitrogens is 3. The fourth-order valence-corrected chi connectivity index (χ4v) is 3.18. The molecule has 1 saturated heterocycles. The predicted octanol–water partition coefficient (Wildman–Crippen LogP) is 2.92. The summed E-state index contributed by atoms with van der Waals surface area (Å²) in [4.78, 5) is 26.8. The minimum absolute atomic E-state index is 0.112. The molecule has 0 aliphatic carbocycles. The number of hydrogen-bond donors (Lipinski definition) is 1. The summed E-state index contributed by atoms with van der Waals surface area (Å²) in [5, 5.41) is 9.62. The third-order valence-electron chi connectivity index (χ3n) is 4.65. The molecule has 1 atom stereocenters. The first-order chi connectivity index (χ1) is 13.3. The molecule has 1 unspecified atom stereocenters. The number of nitrogens with zero attached hydrogens (tertiary/aromatic N) is 4. The molecule has 2 aromatic heterocycles. The highest BCUT2D eigenvalue weighted by atomic mass is 19.4. The highest BCUT2D eigenvalue weighted by Crippen LogP contribution is 2.32. The predicted molar refractivity (Wildman–Crippen MR) is 94.3 cm³/mol. The zero-order chi connectivity index (χ0) is 19.9. The molecule has 1 aromatic carbocycles. The molecule has 6 nitrogen and oxygen atoms in total. The first-order valence-electron chi connectivity index (χ1n) is 8.58. The minimum Gasteiger partial charge on any atom is -0.391 e. The van der Waals surface area contributed by atoms with Crippen LogP contribution in [-0.2, 0) is 6.18 Å². The van der Waals surface area contributed by atoms with E-state index < -0.39 is 17.8 Å². The lowest BCUT2D eigenvalue weighted by Gasteiger charge is -2.15. The number of fused-ring (bicyclic) bond motifs is 1. The molecule has 1 fully saturated rings. The van der Waals surface area contributed by atoms with E-state index >= 15 is 0 Å². The number of amides is 1. The molecule has 1 aliphatic rings.